The van der Waals surface area contributed by atoms with Crippen molar-refractivity contribution in [1.82, 2.24) is 10.1 Å². The van der Waals surface area contributed by atoms with Gasteiger partial charge in [-0.2, -0.15) is 4.98 Å². The fourth-order valence-electron chi connectivity index (χ4n) is 2.07. The van der Waals surface area contributed by atoms with Crippen LogP contribution in [0.2, 0.25) is 0 Å². The summed E-state index contributed by atoms with van der Waals surface area (Å²) < 4.78 is 10.5. The Morgan fingerprint density at radius 3 is 2.62 bits per heavy atom. The summed E-state index contributed by atoms with van der Waals surface area (Å²) in [6.45, 7) is 4.70. The van der Waals surface area contributed by atoms with Crippen LogP contribution in [-0.4, -0.2) is 16.7 Å². The molecule has 3 rings (SSSR count). The topological polar surface area (TPSA) is 64.1 Å². The summed E-state index contributed by atoms with van der Waals surface area (Å²) in [5, 5.41) is 7.31. The van der Waals surface area contributed by atoms with Gasteiger partial charge in [-0.25, -0.2) is 0 Å². The number of benzene rings is 1. The van der Waals surface area contributed by atoms with Gasteiger partial charge in [0.15, 0.2) is 0 Å². The van der Waals surface area contributed by atoms with Gasteiger partial charge < -0.3 is 14.3 Å². The largest absolute Gasteiger partial charge is 0.469 e. The zero-order valence-corrected chi connectivity index (χ0v) is 12.1. The smallest absolute Gasteiger partial charge is 0.228 e. The molecular formula is C16H17N3O2. The molecular weight excluding hydrogens is 266 g/mol. The highest BCUT2D eigenvalue weighted by Crippen LogP contribution is 2.21. The molecule has 5 nitrogen and oxygen atoms in total. The Hall–Kier alpha value is -2.56. The van der Waals surface area contributed by atoms with Gasteiger partial charge in [-0.05, 0) is 32.0 Å². The molecule has 1 aromatic carbocycles. The molecule has 0 fully saturated rings. The Labute approximate surface area is 123 Å². The number of aromatic nitrogens is 2. The molecule has 0 aliphatic carbocycles. The summed E-state index contributed by atoms with van der Waals surface area (Å²) in [6, 6.07) is 10.1. The van der Waals surface area contributed by atoms with Crippen LogP contribution in [0.15, 0.2) is 45.5 Å². The van der Waals surface area contributed by atoms with Gasteiger partial charge in [-0.15, -0.1) is 0 Å². The van der Waals surface area contributed by atoms with Crippen LogP contribution in [0.5, 0.6) is 0 Å². The van der Waals surface area contributed by atoms with Crippen LogP contribution in [0.4, 0.5) is 5.69 Å². The minimum Gasteiger partial charge on any atom is -0.469 e. The number of hydrogen-bond acceptors (Lipinski definition) is 5. The third-order valence-corrected chi connectivity index (χ3v) is 3.29. The van der Waals surface area contributed by atoms with Crippen molar-refractivity contribution in [3.63, 3.8) is 0 Å². The number of nitrogens with zero attached hydrogens (tertiary/aromatic N) is 2. The maximum absolute atomic E-state index is 5.26. The Morgan fingerprint density at radius 2 is 1.90 bits per heavy atom. The molecule has 5 heteroatoms. The van der Waals surface area contributed by atoms with Gasteiger partial charge in [0.2, 0.25) is 11.7 Å². The average Bonchev–Trinajstić information content (AvgIpc) is 3.10. The quantitative estimate of drug-likeness (QED) is 0.775. The van der Waals surface area contributed by atoms with Gasteiger partial charge >= 0.3 is 0 Å². The highest BCUT2D eigenvalue weighted by atomic mass is 16.5. The molecule has 0 radical (unpaired) electrons. The number of anilines is 1. The van der Waals surface area contributed by atoms with Crippen molar-refractivity contribution in [2.24, 2.45) is 0 Å². The van der Waals surface area contributed by atoms with Crippen LogP contribution in [-0.2, 0) is 6.42 Å². The molecule has 2 aromatic heterocycles. The van der Waals surface area contributed by atoms with Crippen LogP contribution >= 0.6 is 0 Å². The molecule has 0 saturated carbocycles. The Morgan fingerprint density at radius 1 is 1.10 bits per heavy atom. The summed E-state index contributed by atoms with van der Waals surface area (Å²) in [7, 11) is 0. The van der Waals surface area contributed by atoms with E-state index in [1.807, 2.05) is 13.0 Å². The number of furan rings is 1. The Kier molecular flexibility index (Phi) is 3.73. The third kappa shape index (κ3) is 3.13. The fraction of sp³-hybridized carbons (Fsp3) is 0.250. The molecule has 0 unspecified atom stereocenters. The minimum atomic E-state index is 0.576. The van der Waals surface area contributed by atoms with Crippen LogP contribution in [0.1, 0.15) is 17.2 Å². The maximum Gasteiger partial charge on any atom is 0.228 e. The van der Waals surface area contributed by atoms with Crippen molar-refractivity contribution < 1.29 is 8.94 Å². The van der Waals surface area contributed by atoms with Gasteiger partial charge in [0.25, 0.3) is 0 Å². The average molecular weight is 283 g/mol. The second-order valence-electron chi connectivity index (χ2n) is 4.94. The zero-order chi connectivity index (χ0) is 14.7. The molecule has 0 spiro atoms. The maximum atomic E-state index is 5.26. The molecule has 21 heavy (non-hydrogen) atoms. The predicted octanol–water partition coefficient (Wildman–Crippen LogP) is 3.60. The van der Waals surface area contributed by atoms with E-state index in [1.165, 1.54) is 5.56 Å². The molecule has 1 N–H and O–H groups in total. The van der Waals surface area contributed by atoms with Crippen LogP contribution in [0, 0.1) is 13.8 Å². The van der Waals surface area contributed by atoms with E-state index >= 15 is 0 Å². The highest BCUT2D eigenvalue weighted by molar-refractivity contribution is 5.56. The molecule has 0 bridgehead atoms. The van der Waals surface area contributed by atoms with Gasteiger partial charge in [0.05, 0.1) is 11.8 Å². The second-order valence-corrected chi connectivity index (χ2v) is 4.94. The van der Waals surface area contributed by atoms with Crippen molar-refractivity contribution in [2.45, 2.75) is 20.3 Å². The second kappa shape index (κ2) is 5.83. The van der Waals surface area contributed by atoms with E-state index in [2.05, 4.69) is 46.6 Å². The van der Waals surface area contributed by atoms with Gasteiger partial charge in [0.1, 0.15) is 5.76 Å². The molecule has 0 aliphatic rings. The van der Waals surface area contributed by atoms with E-state index in [-0.39, 0.29) is 0 Å². The lowest BCUT2D eigenvalue weighted by Gasteiger charge is -2.04. The van der Waals surface area contributed by atoms with Crippen molar-refractivity contribution >= 4 is 5.69 Å². The van der Waals surface area contributed by atoms with E-state index in [0.29, 0.717) is 18.1 Å². The van der Waals surface area contributed by atoms with Crippen LogP contribution in [0.3, 0.4) is 0 Å². The molecule has 3 aromatic rings. The monoisotopic (exact) mass is 283 g/mol. The third-order valence-electron chi connectivity index (χ3n) is 3.29. The van der Waals surface area contributed by atoms with Gasteiger partial charge in [-0.3, -0.25) is 0 Å². The molecule has 0 saturated heterocycles. The Bertz CT molecular complexity index is 713. The van der Waals surface area contributed by atoms with Crippen molar-refractivity contribution in [3.05, 3.63) is 53.8 Å². The number of nitrogens with one attached hydrogen (secondary N) is 1. The van der Waals surface area contributed by atoms with Crippen molar-refractivity contribution in [1.29, 1.82) is 0 Å². The van der Waals surface area contributed by atoms with E-state index in [9.17, 15) is 0 Å². The minimum absolute atomic E-state index is 0.576. The zero-order valence-electron chi connectivity index (χ0n) is 12.1. The molecule has 0 atom stereocenters. The molecule has 108 valence electrons. The van der Waals surface area contributed by atoms with Crippen LogP contribution in [0.25, 0.3) is 11.4 Å². The Balaban J connectivity index is 1.58. The van der Waals surface area contributed by atoms with Crippen molar-refractivity contribution in [2.75, 3.05) is 11.9 Å². The van der Waals surface area contributed by atoms with E-state index in [1.54, 1.807) is 6.26 Å². The van der Waals surface area contributed by atoms with Crippen molar-refractivity contribution in [3.8, 4) is 11.4 Å². The van der Waals surface area contributed by atoms with Gasteiger partial charge in [-0.1, -0.05) is 22.9 Å². The molecule has 0 aliphatic heterocycles. The first-order valence-corrected chi connectivity index (χ1v) is 6.90. The normalized spacial score (nSPS) is 10.8. The highest BCUT2D eigenvalue weighted by Gasteiger charge is 2.12. The number of aryl methyl sites for hydroxylation is 2. The first-order valence-electron chi connectivity index (χ1n) is 6.90. The number of rotatable bonds is 5. The fourth-order valence-corrected chi connectivity index (χ4v) is 2.07. The number of hydrogen-bond donors (Lipinski definition) is 1. The lowest BCUT2D eigenvalue weighted by molar-refractivity contribution is 0.381. The lowest BCUT2D eigenvalue weighted by atomic mass is 10.2. The molecule has 0 amide bonds. The standard InChI is InChI=1S/C16H17N3O2/c1-11-3-5-13(6-4-11)17-9-7-15-18-16(19-21-15)14-8-10-20-12(14)2/h3-6,8,10,17H,7,9H2,1-2H3. The van der Waals surface area contributed by atoms with E-state index < -0.39 is 0 Å². The van der Waals surface area contributed by atoms with E-state index in [0.717, 1.165) is 23.6 Å². The van der Waals surface area contributed by atoms with Gasteiger partial charge in [0, 0.05) is 18.7 Å². The van der Waals surface area contributed by atoms with E-state index in [4.69, 9.17) is 8.94 Å². The molecule has 2 heterocycles. The summed E-state index contributed by atoms with van der Waals surface area (Å²) in [5.74, 6) is 1.98. The summed E-state index contributed by atoms with van der Waals surface area (Å²) in [6.07, 6.45) is 2.30. The SMILES string of the molecule is Cc1ccc(NCCc2nc(-c3ccoc3C)no2)cc1. The first-order chi connectivity index (χ1) is 10.2. The predicted molar refractivity (Wildman–Crippen MR) is 80.1 cm³/mol. The first kappa shape index (κ1) is 13.4. The summed E-state index contributed by atoms with van der Waals surface area (Å²) in [4.78, 5) is 4.38. The summed E-state index contributed by atoms with van der Waals surface area (Å²) >= 11 is 0. The lowest BCUT2D eigenvalue weighted by Crippen LogP contribution is -2.04. The summed E-state index contributed by atoms with van der Waals surface area (Å²) in [5.41, 5.74) is 3.21. The van der Waals surface area contributed by atoms with Crippen LogP contribution < -0.4 is 5.32 Å².